The molecule has 1 aliphatic rings. The number of hydrogen-bond acceptors (Lipinski definition) is 3. The largest absolute Gasteiger partial charge is 0.390 e. The summed E-state index contributed by atoms with van der Waals surface area (Å²) in [4.78, 5) is 11.3. The Bertz CT molecular complexity index is 183. The summed E-state index contributed by atoms with van der Waals surface area (Å²) in [5.74, 6) is 0.241. The molecule has 13 heavy (non-hydrogen) atoms. The number of carbonyl (C=O) groups is 1. The second kappa shape index (κ2) is 4.07. The van der Waals surface area contributed by atoms with Crippen molar-refractivity contribution in [3.63, 3.8) is 0 Å². The molecule has 0 radical (unpaired) electrons. The van der Waals surface area contributed by atoms with Gasteiger partial charge in [0.1, 0.15) is 0 Å². The van der Waals surface area contributed by atoms with Gasteiger partial charge in [0.2, 0.25) is 5.91 Å². The third-order valence-corrected chi connectivity index (χ3v) is 2.19. The van der Waals surface area contributed by atoms with Crippen LogP contribution in [0, 0.1) is 5.92 Å². The number of nitrogens with one attached hydrogen (secondary N) is 2. The predicted molar refractivity (Wildman–Crippen MR) is 50.3 cm³/mol. The third kappa shape index (κ3) is 3.74. The second-order valence-corrected chi connectivity index (χ2v) is 4.21. The van der Waals surface area contributed by atoms with E-state index in [-0.39, 0.29) is 11.8 Å². The first-order valence-electron chi connectivity index (χ1n) is 4.70. The van der Waals surface area contributed by atoms with E-state index in [1.807, 2.05) is 0 Å². The minimum absolute atomic E-state index is 0.100. The molecule has 1 saturated heterocycles. The van der Waals surface area contributed by atoms with E-state index in [9.17, 15) is 9.90 Å². The van der Waals surface area contributed by atoms with Crippen molar-refractivity contribution in [1.29, 1.82) is 0 Å². The summed E-state index contributed by atoms with van der Waals surface area (Å²) < 4.78 is 0. The van der Waals surface area contributed by atoms with E-state index in [0.717, 1.165) is 13.1 Å². The Morgan fingerprint density at radius 2 is 2.23 bits per heavy atom. The fraction of sp³-hybridized carbons (Fsp3) is 0.889. The monoisotopic (exact) mass is 186 g/mol. The third-order valence-electron chi connectivity index (χ3n) is 2.19. The van der Waals surface area contributed by atoms with Crippen LogP contribution in [0.2, 0.25) is 0 Å². The lowest BCUT2D eigenvalue weighted by atomic mass is 10.0. The molecule has 1 rings (SSSR count). The van der Waals surface area contributed by atoms with Crippen LogP contribution in [0.25, 0.3) is 0 Å². The molecule has 1 heterocycles. The van der Waals surface area contributed by atoms with Crippen LogP contribution in [0.4, 0.5) is 0 Å². The Hall–Kier alpha value is -0.610. The molecule has 3 N–H and O–H groups in total. The molecule has 0 unspecified atom stereocenters. The van der Waals surface area contributed by atoms with Crippen LogP contribution in [-0.4, -0.2) is 36.2 Å². The van der Waals surface area contributed by atoms with Gasteiger partial charge in [0.15, 0.2) is 0 Å². The molecule has 0 aromatic rings. The molecular formula is C9H18N2O2. The van der Waals surface area contributed by atoms with E-state index in [0.29, 0.717) is 13.0 Å². The number of rotatable bonds is 4. The van der Waals surface area contributed by atoms with Crippen LogP contribution >= 0.6 is 0 Å². The van der Waals surface area contributed by atoms with Crippen LogP contribution in [-0.2, 0) is 4.79 Å². The van der Waals surface area contributed by atoms with Gasteiger partial charge in [-0.1, -0.05) is 0 Å². The van der Waals surface area contributed by atoms with Crippen LogP contribution in [0.15, 0.2) is 0 Å². The fourth-order valence-electron chi connectivity index (χ4n) is 1.11. The highest BCUT2D eigenvalue weighted by Crippen LogP contribution is 2.06. The number of hydrogen-bond donors (Lipinski definition) is 3. The summed E-state index contributed by atoms with van der Waals surface area (Å²) in [7, 11) is 0. The zero-order valence-electron chi connectivity index (χ0n) is 8.26. The lowest BCUT2D eigenvalue weighted by Crippen LogP contribution is -2.51. The molecular weight excluding hydrogens is 168 g/mol. The van der Waals surface area contributed by atoms with Gasteiger partial charge >= 0.3 is 0 Å². The average Bonchev–Trinajstić information content (AvgIpc) is 1.79. The average molecular weight is 186 g/mol. The van der Waals surface area contributed by atoms with E-state index < -0.39 is 5.60 Å². The van der Waals surface area contributed by atoms with Gasteiger partial charge in [-0.25, -0.2) is 0 Å². The molecule has 4 nitrogen and oxygen atoms in total. The van der Waals surface area contributed by atoms with Crippen LogP contribution in [0.5, 0.6) is 0 Å². The van der Waals surface area contributed by atoms with E-state index in [1.165, 1.54) is 0 Å². The second-order valence-electron chi connectivity index (χ2n) is 4.21. The van der Waals surface area contributed by atoms with Crippen LogP contribution in [0.3, 0.4) is 0 Å². The van der Waals surface area contributed by atoms with Crippen molar-refractivity contribution in [3.05, 3.63) is 0 Å². The lowest BCUT2D eigenvalue weighted by Gasteiger charge is -2.26. The molecule has 0 spiro atoms. The van der Waals surface area contributed by atoms with E-state index in [4.69, 9.17) is 0 Å². The maximum Gasteiger partial charge on any atom is 0.225 e. The Kier molecular flexibility index (Phi) is 3.27. The molecule has 0 saturated carbocycles. The van der Waals surface area contributed by atoms with E-state index in [2.05, 4.69) is 10.6 Å². The highest BCUT2D eigenvalue weighted by molar-refractivity contribution is 5.79. The van der Waals surface area contributed by atoms with Gasteiger partial charge in [0.25, 0.3) is 0 Å². The highest BCUT2D eigenvalue weighted by atomic mass is 16.3. The van der Waals surface area contributed by atoms with Gasteiger partial charge in [-0.3, -0.25) is 4.79 Å². The van der Waals surface area contributed by atoms with Gasteiger partial charge in [0.05, 0.1) is 11.5 Å². The minimum Gasteiger partial charge on any atom is -0.390 e. The van der Waals surface area contributed by atoms with Gasteiger partial charge in [0, 0.05) is 19.6 Å². The maximum absolute atomic E-state index is 11.3. The van der Waals surface area contributed by atoms with Gasteiger partial charge in [-0.15, -0.1) is 0 Å². The van der Waals surface area contributed by atoms with Crippen molar-refractivity contribution in [2.45, 2.75) is 25.9 Å². The van der Waals surface area contributed by atoms with Gasteiger partial charge in [-0.2, -0.15) is 0 Å². The zero-order chi connectivity index (χ0) is 9.90. The van der Waals surface area contributed by atoms with E-state index in [1.54, 1.807) is 13.8 Å². The molecule has 76 valence electrons. The Morgan fingerprint density at radius 3 is 2.62 bits per heavy atom. The summed E-state index contributed by atoms with van der Waals surface area (Å²) in [6, 6.07) is 0. The van der Waals surface area contributed by atoms with Crippen molar-refractivity contribution >= 4 is 5.91 Å². The first-order chi connectivity index (χ1) is 5.99. The van der Waals surface area contributed by atoms with Gasteiger partial charge < -0.3 is 15.7 Å². The maximum atomic E-state index is 11.3. The van der Waals surface area contributed by atoms with Crippen molar-refractivity contribution in [2.75, 3.05) is 19.6 Å². The molecule has 0 atom stereocenters. The van der Waals surface area contributed by atoms with Crippen LogP contribution < -0.4 is 10.6 Å². The molecule has 4 heteroatoms. The van der Waals surface area contributed by atoms with Crippen molar-refractivity contribution in [1.82, 2.24) is 10.6 Å². The summed E-state index contributed by atoms with van der Waals surface area (Å²) in [5, 5.41) is 15.2. The summed E-state index contributed by atoms with van der Waals surface area (Å²) in [6.07, 6.45) is 0.596. The molecule has 1 amide bonds. The summed E-state index contributed by atoms with van der Waals surface area (Å²) >= 11 is 0. The lowest BCUT2D eigenvalue weighted by molar-refractivity contribution is -0.126. The smallest absolute Gasteiger partial charge is 0.225 e. The van der Waals surface area contributed by atoms with Crippen LogP contribution in [0.1, 0.15) is 20.3 Å². The minimum atomic E-state index is -0.689. The fourth-order valence-corrected chi connectivity index (χ4v) is 1.11. The normalized spacial score (nSPS) is 18.1. The first-order valence-corrected chi connectivity index (χ1v) is 4.70. The standard InChI is InChI=1S/C9H18N2O2/c1-9(2,13)3-4-11-8(12)7-5-10-6-7/h7,10,13H,3-6H2,1-2H3,(H,11,12). The molecule has 0 aromatic carbocycles. The quantitative estimate of drug-likeness (QED) is 0.554. The Balaban J connectivity index is 2.08. The van der Waals surface area contributed by atoms with Crippen molar-refractivity contribution in [2.24, 2.45) is 5.92 Å². The molecule has 0 bridgehead atoms. The zero-order valence-corrected chi connectivity index (χ0v) is 8.26. The van der Waals surface area contributed by atoms with Crippen molar-refractivity contribution < 1.29 is 9.90 Å². The van der Waals surface area contributed by atoms with E-state index >= 15 is 0 Å². The molecule has 0 aromatic heterocycles. The summed E-state index contributed by atoms with van der Waals surface area (Å²) in [6.45, 7) is 5.61. The first kappa shape index (κ1) is 10.5. The molecule has 0 aliphatic carbocycles. The molecule has 1 fully saturated rings. The Labute approximate surface area is 78.7 Å². The van der Waals surface area contributed by atoms with Crippen molar-refractivity contribution in [3.8, 4) is 0 Å². The van der Waals surface area contributed by atoms with Gasteiger partial charge in [-0.05, 0) is 20.3 Å². The number of amides is 1. The SMILES string of the molecule is CC(C)(O)CCNC(=O)C1CNC1. The predicted octanol–water partition coefficient (Wildman–Crippen LogP) is -0.517. The number of carbonyl (C=O) groups excluding carboxylic acids is 1. The summed E-state index contributed by atoms with van der Waals surface area (Å²) in [5.41, 5.74) is -0.689. The number of aliphatic hydroxyl groups is 1. The Morgan fingerprint density at radius 1 is 1.62 bits per heavy atom. The molecule has 1 aliphatic heterocycles. The highest BCUT2D eigenvalue weighted by Gasteiger charge is 2.24. The topological polar surface area (TPSA) is 61.4 Å².